The van der Waals surface area contributed by atoms with E-state index in [1.54, 1.807) is 0 Å². The van der Waals surface area contributed by atoms with Crippen molar-refractivity contribution in [3.05, 3.63) is 10.1 Å². The summed E-state index contributed by atoms with van der Waals surface area (Å²) in [6, 6.07) is 0. The first-order valence-electron chi connectivity index (χ1n) is 0.565. The molecule has 0 atom stereocenters. The number of nitrogens with zero attached hydrogens (tertiary/aromatic N) is 1. The second-order valence-corrected chi connectivity index (χ2v) is 0.238. The van der Waals surface area contributed by atoms with E-state index < -0.39 is 5.09 Å². The molecule has 0 aromatic rings. The van der Waals surface area contributed by atoms with Gasteiger partial charge < -0.3 is 60.6 Å². The molecule has 0 aliphatic carbocycles. The molecule has 0 saturated carbocycles. The van der Waals surface area contributed by atoms with Crippen LogP contribution in [0.5, 0.6) is 0 Å². The van der Waals surface area contributed by atoms with E-state index in [0.717, 1.165) is 0 Å². The quantitative estimate of drug-likeness (QED) is 0.234. The molecule has 0 heterocycles. The standard InChI is InChI=1S/Ba.HNO3.H3N.9H2O.2H/c;2-1(3)4;;;;;;;;;;;;/h;(H,2,3,4);1H3;9*1H2;;. The normalized spacial score (nSPS) is 1.60. The zero-order valence-corrected chi connectivity index (χ0v) is 6.92. The van der Waals surface area contributed by atoms with Crippen molar-refractivity contribution >= 4 is 48.9 Å². The van der Waals surface area contributed by atoms with Crippen molar-refractivity contribution in [2.45, 2.75) is 0 Å². The van der Waals surface area contributed by atoms with Gasteiger partial charge in [0, 0.05) is 0 Å². The van der Waals surface area contributed by atoms with Crippen molar-refractivity contribution in [2.75, 3.05) is 0 Å². The summed E-state index contributed by atoms with van der Waals surface area (Å²) in [6.07, 6.45) is 0. The van der Waals surface area contributed by atoms with Crippen molar-refractivity contribution in [2.24, 2.45) is 0 Å². The van der Waals surface area contributed by atoms with Gasteiger partial charge in [-0.15, -0.1) is 10.1 Å². The molecule has 0 fully saturated rings. The minimum absolute atomic E-state index is 0. The van der Waals surface area contributed by atoms with Crippen LogP contribution in [0.1, 0.15) is 0 Å². The van der Waals surface area contributed by atoms with E-state index in [4.69, 9.17) is 15.3 Å². The molecule has 0 bridgehead atoms. The molecule has 22 N–H and O–H groups in total. The van der Waals surface area contributed by atoms with Crippen molar-refractivity contribution in [3.63, 3.8) is 0 Å². The van der Waals surface area contributed by atoms with Gasteiger partial charge in [0.1, 0.15) is 0 Å². The van der Waals surface area contributed by atoms with Crippen LogP contribution in [-0.4, -0.2) is 108 Å². The molecule has 14 nitrogen and oxygen atoms in total. The van der Waals surface area contributed by atoms with Crippen LogP contribution in [-0.2, 0) is 0 Å². The second kappa shape index (κ2) is 226. The van der Waals surface area contributed by atoms with Crippen molar-refractivity contribution in [3.8, 4) is 0 Å². The van der Waals surface area contributed by atoms with Gasteiger partial charge in [-0.05, 0) is 0 Å². The predicted octanol–water partition coefficient (Wildman–Crippen LogP) is -8.52. The Bertz CT molecular complexity index is 36.6. The van der Waals surface area contributed by atoms with E-state index in [1.165, 1.54) is 0 Å². The van der Waals surface area contributed by atoms with Crippen molar-refractivity contribution in [1.82, 2.24) is 6.15 Å². The molecule has 0 aliphatic heterocycles. The molecule has 108 valence electrons. The summed E-state index contributed by atoms with van der Waals surface area (Å²) < 4.78 is 0. The SMILES string of the molecule is N.O.O.O.O.O.O.O.O.O.O=[N+]([O-])O.[BaH2]. The summed E-state index contributed by atoms with van der Waals surface area (Å²) in [5.41, 5.74) is 0. The van der Waals surface area contributed by atoms with E-state index in [-0.39, 0.29) is 104 Å². The Hall–Kier alpha value is 0.371. The summed E-state index contributed by atoms with van der Waals surface area (Å²) >= 11 is 0. The van der Waals surface area contributed by atoms with Crippen LogP contribution < -0.4 is 6.15 Å². The fraction of sp³-hybridized carbons (Fsp3) is 0. The van der Waals surface area contributed by atoms with E-state index in [1.807, 2.05) is 0 Å². The summed E-state index contributed by atoms with van der Waals surface area (Å²) in [7, 11) is 0. The number of hydrogen-bond acceptors (Lipinski definition) is 3. The van der Waals surface area contributed by atoms with Gasteiger partial charge in [0.15, 0.2) is 0 Å². The van der Waals surface area contributed by atoms with Crippen LogP contribution in [0.4, 0.5) is 0 Å². The Balaban J connectivity index is -0.000000000818. The molecule has 0 aromatic heterocycles. The molecule has 0 aromatic carbocycles. The molecule has 0 aliphatic rings. The zero-order chi connectivity index (χ0) is 3.58. The van der Waals surface area contributed by atoms with Crippen LogP contribution in [0.3, 0.4) is 0 Å². The number of hydrogen-bond donors (Lipinski definition) is 2. The fourth-order valence-corrected chi connectivity index (χ4v) is 0. The van der Waals surface area contributed by atoms with Crippen LogP contribution in [0.2, 0.25) is 0 Å². The van der Waals surface area contributed by atoms with E-state index in [2.05, 4.69) is 0 Å². The molecule has 0 saturated heterocycles. The summed E-state index contributed by atoms with van der Waals surface area (Å²) in [5.74, 6) is 0. The summed E-state index contributed by atoms with van der Waals surface area (Å²) in [4.78, 5) is 8.36. The van der Waals surface area contributed by atoms with E-state index >= 15 is 0 Å². The van der Waals surface area contributed by atoms with Crippen LogP contribution in [0, 0.1) is 10.1 Å². The van der Waals surface area contributed by atoms with Gasteiger partial charge in [0.2, 0.25) is 0 Å². The monoisotopic (exact) mass is 382 g/mol. The van der Waals surface area contributed by atoms with Crippen LogP contribution in [0.15, 0.2) is 0 Å². The Labute approximate surface area is 124 Å². The summed E-state index contributed by atoms with van der Waals surface area (Å²) in [5, 5.41) is 13.6. The maximum absolute atomic E-state index is 8.36. The average Bonchev–Trinajstić information content (AvgIpc) is 0.811. The third-order valence-corrected chi connectivity index (χ3v) is 0. The van der Waals surface area contributed by atoms with Gasteiger partial charge in [0.05, 0.1) is 0 Å². The fourth-order valence-electron chi connectivity index (χ4n) is 0. The van der Waals surface area contributed by atoms with E-state index in [0.29, 0.717) is 0 Å². The molecular weight excluding hydrogens is 357 g/mol. The second-order valence-electron chi connectivity index (χ2n) is 0.238. The number of rotatable bonds is 0. The first-order chi connectivity index (χ1) is 1.73. The van der Waals surface area contributed by atoms with Gasteiger partial charge in [-0.25, -0.2) is 0 Å². The minimum atomic E-state index is -1.50. The van der Waals surface area contributed by atoms with Crippen molar-refractivity contribution < 1.29 is 59.6 Å². The first kappa shape index (κ1) is 279. The van der Waals surface area contributed by atoms with Gasteiger partial charge >= 0.3 is 48.9 Å². The molecule has 0 spiro atoms. The third kappa shape index (κ3) is 15900. The molecule has 15 heavy (non-hydrogen) atoms. The Morgan fingerprint density at radius 1 is 0.733 bits per heavy atom. The molecule has 0 radical (unpaired) electrons. The van der Waals surface area contributed by atoms with Gasteiger partial charge in [0.25, 0.3) is 5.09 Å². The van der Waals surface area contributed by atoms with E-state index in [9.17, 15) is 0 Å². The molecule has 0 unspecified atom stereocenters. The predicted molar refractivity (Wildman–Crippen MR) is 54.9 cm³/mol. The van der Waals surface area contributed by atoms with Gasteiger partial charge in [-0.2, -0.15) is 0 Å². The maximum atomic E-state index is 8.36. The van der Waals surface area contributed by atoms with Crippen LogP contribution in [0.25, 0.3) is 0 Å². The van der Waals surface area contributed by atoms with Gasteiger partial charge in [-0.1, -0.05) is 0 Å². The average molecular weight is 382 g/mol. The van der Waals surface area contributed by atoms with Crippen molar-refractivity contribution in [1.29, 1.82) is 0 Å². The zero-order valence-electron chi connectivity index (χ0n) is 6.92. The Morgan fingerprint density at radius 3 is 0.733 bits per heavy atom. The van der Waals surface area contributed by atoms with Crippen LogP contribution >= 0.6 is 0 Å². The van der Waals surface area contributed by atoms with Gasteiger partial charge in [-0.3, -0.25) is 0 Å². The first-order valence-corrected chi connectivity index (χ1v) is 0.565. The molecule has 0 amide bonds. The summed E-state index contributed by atoms with van der Waals surface area (Å²) in [6.45, 7) is 0. The Kier molecular flexibility index (Phi) is 4210. The third-order valence-electron chi connectivity index (χ3n) is 0. The molecule has 0 rings (SSSR count). The molecular formula is H24BaN2O12. The topological polar surface area (TPSA) is 382 Å². The Morgan fingerprint density at radius 2 is 0.733 bits per heavy atom. The molecule has 15 heteroatoms.